The lowest BCUT2D eigenvalue weighted by atomic mass is 9.95. The maximum Gasteiger partial charge on any atom is 0.164 e. The molecule has 0 saturated carbocycles. The Morgan fingerprint density at radius 3 is 3.08 bits per heavy atom. The van der Waals surface area contributed by atoms with Crippen LogP contribution in [0.4, 0.5) is 0 Å². The predicted octanol–water partition coefficient (Wildman–Crippen LogP) is 2.36. The van der Waals surface area contributed by atoms with E-state index in [1.165, 1.54) is 0 Å². The van der Waals surface area contributed by atoms with Gasteiger partial charge in [-0.25, -0.2) is 0 Å². The molecule has 1 aromatic heterocycles. The molecule has 12 heavy (non-hydrogen) atoms. The van der Waals surface area contributed by atoms with Crippen molar-refractivity contribution in [1.29, 1.82) is 0 Å². The van der Waals surface area contributed by atoms with Gasteiger partial charge in [0.2, 0.25) is 0 Å². The number of Topliss-reactive ketones (excluding diaryl/α,β-unsaturated/α-hetero) is 1. The van der Waals surface area contributed by atoms with E-state index in [2.05, 4.69) is 20.9 Å². The summed E-state index contributed by atoms with van der Waals surface area (Å²) in [6.45, 7) is 0. The van der Waals surface area contributed by atoms with Gasteiger partial charge < -0.3 is 0 Å². The van der Waals surface area contributed by atoms with Gasteiger partial charge in [-0.15, -0.1) is 0 Å². The number of aryl methyl sites for hydroxylation is 1. The van der Waals surface area contributed by atoms with E-state index in [1.807, 2.05) is 6.07 Å². The van der Waals surface area contributed by atoms with E-state index in [4.69, 9.17) is 0 Å². The Morgan fingerprint density at radius 1 is 1.42 bits per heavy atom. The summed E-state index contributed by atoms with van der Waals surface area (Å²) in [5, 5.41) is 0. The molecule has 0 spiro atoms. The fraction of sp³-hybridized carbons (Fsp3) is 0.333. The van der Waals surface area contributed by atoms with Crippen molar-refractivity contribution < 1.29 is 4.79 Å². The fourth-order valence-electron chi connectivity index (χ4n) is 1.46. The third-order valence-electron chi connectivity index (χ3n) is 2.05. The monoisotopic (exact) mass is 225 g/mol. The molecule has 0 aliphatic heterocycles. The highest BCUT2D eigenvalue weighted by atomic mass is 79.9. The number of carbonyl (C=O) groups is 1. The van der Waals surface area contributed by atoms with Crippen LogP contribution in [0.2, 0.25) is 0 Å². The Kier molecular flexibility index (Phi) is 1.97. The van der Waals surface area contributed by atoms with Crippen LogP contribution >= 0.6 is 15.9 Å². The van der Waals surface area contributed by atoms with E-state index in [-0.39, 0.29) is 5.78 Å². The number of hydrogen-bond acceptors (Lipinski definition) is 2. The minimum atomic E-state index is 0.227. The Morgan fingerprint density at radius 2 is 2.25 bits per heavy atom. The van der Waals surface area contributed by atoms with Gasteiger partial charge >= 0.3 is 0 Å². The average molecular weight is 226 g/mol. The molecule has 0 fully saturated rings. The summed E-state index contributed by atoms with van der Waals surface area (Å²) in [7, 11) is 0. The summed E-state index contributed by atoms with van der Waals surface area (Å²) in [4.78, 5) is 15.6. The molecule has 0 unspecified atom stereocenters. The van der Waals surface area contributed by atoms with Gasteiger partial charge in [0.05, 0.1) is 5.69 Å². The third-order valence-corrected chi connectivity index (χ3v) is 2.49. The number of carbonyl (C=O) groups excluding carboxylic acids is 1. The SMILES string of the molecule is O=C1CCCc2ncc(Br)cc21. The highest BCUT2D eigenvalue weighted by molar-refractivity contribution is 9.10. The minimum Gasteiger partial charge on any atom is -0.294 e. The molecule has 0 bridgehead atoms. The van der Waals surface area contributed by atoms with Crippen LogP contribution in [-0.2, 0) is 6.42 Å². The average Bonchev–Trinajstić information content (AvgIpc) is 2.07. The molecule has 1 aliphatic rings. The van der Waals surface area contributed by atoms with Crippen molar-refractivity contribution in [3.63, 3.8) is 0 Å². The first-order valence-corrected chi connectivity index (χ1v) is 4.74. The van der Waals surface area contributed by atoms with Crippen molar-refractivity contribution in [3.8, 4) is 0 Å². The summed E-state index contributed by atoms with van der Waals surface area (Å²) < 4.78 is 0.886. The van der Waals surface area contributed by atoms with Crippen LogP contribution in [-0.4, -0.2) is 10.8 Å². The highest BCUT2D eigenvalue weighted by Gasteiger charge is 2.17. The van der Waals surface area contributed by atoms with E-state index in [0.717, 1.165) is 28.6 Å². The first-order valence-electron chi connectivity index (χ1n) is 3.95. The smallest absolute Gasteiger partial charge is 0.164 e. The fourth-order valence-corrected chi connectivity index (χ4v) is 1.79. The van der Waals surface area contributed by atoms with E-state index >= 15 is 0 Å². The Bertz CT molecular complexity index is 335. The van der Waals surface area contributed by atoms with Gasteiger partial charge in [0, 0.05) is 22.7 Å². The molecule has 0 aromatic carbocycles. The largest absolute Gasteiger partial charge is 0.294 e. The van der Waals surface area contributed by atoms with Crippen LogP contribution in [0, 0.1) is 0 Å². The number of halogens is 1. The number of fused-ring (bicyclic) bond motifs is 1. The Balaban J connectivity index is 2.54. The number of rotatable bonds is 0. The lowest BCUT2D eigenvalue weighted by Crippen LogP contribution is -2.12. The van der Waals surface area contributed by atoms with Crippen LogP contribution in [0.25, 0.3) is 0 Å². The third kappa shape index (κ3) is 1.29. The normalized spacial score (nSPS) is 15.9. The van der Waals surface area contributed by atoms with Crippen molar-refractivity contribution in [2.75, 3.05) is 0 Å². The predicted molar refractivity (Wildman–Crippen MR) is 49.2 cm³/mol. The molecule has 0 amide bonds. The first kappa shape index (κ1) is 7.92. The van der Waals surface area contributed by atoms with E-state index in [1.54, 1.807) is 6.20 Å². The second kappa shape index (κ2) is 2.98. The number of nitrogens with zero attached hydrogens (tertiary/aromatic N) is 1. The highest BCUT2D eigenvalue weighted by Crippen LogP contribution is 2.21. The van der Waals surface area contributed by atoms with Gasteiger partial charge in [0.1, 0.15) is 0 Å². The van der Waals surface area contributed by atoms with Gasteiger partial charge in [0.25, 0.3) is 0 Å². The molecule has 1 aliphatic carbocycles. The van der Waals surface area contributed by atoms with E-state index < -0.39 is 0 Å². The molecule has 0 N–H and O–H groups in total. The maximum atomic E-state index is 11.4. The molecular weight excluding hydrogens is 218 g/mol. The number of pyridine rings is 1. The van der Waals surface area contributed by atoms with E-state index in [9.17, 15) is 4.79 Å². The number of ketones is 1. The topological polar surface area (TPSA) is 30.0 Å². The molecule has 0 saturated heterocycles. The molecule has 2 rings (SSSR count). The molecule has 0 atom stereocenters. The van der Waals surface area contributed by atoms with Crippen LogP contribution in [0.3, 0.4) is 0 Å². The van der Waals surface area contributed by atoms with Crippen molar-refractivity contribution in [3.05, 3.63) is 28.0 Å². The molecule has 0 radical (unpaired) electrons. The van der Waals surface area contributed by atoms with Crippen molar-refractivity contribution >= 4 is 21.7 Å². The zero-order valence-electron chi connectivity index (χ0n) is 6.51. The second-order valence-corrected chi connectivity index (χ2v) is 3.84. The molecule has 1 heterocycles. The summed E-state index contributed by atoms with van der Waals surface area (Å²) in [6.07, 6.45) is 4.30. The van der Waals surface area contributed by atoms with Crippen molar-refractivity contribution in [1.82, 2.24) is 4.98 Å². The Hall–Kier alpha value is -0.700. The minimum absolute atomic E-state index is 0.227. The second-order valence-electron chi connectivity index (χ2n) is 2.92. The van der Waals surface area contributed by atoms with Crippen LogP contribution in [0.15, 0.2) is 16.7 Å². The lowest BCUT2D eigenvalue weighted by Gasteiger charge is -2.12. The van der Waals surface area contributed by atoms with Gasteiger partial charge in [-0.1, -0.05) is 0 Å². The summed E-state index contributed by atoms with van der Waals surface area (Å²) >= 11 is 3.30. The quantitative estimate of drug-likeness (QED) is 0.679. The van der Waals surface area contributed by atoms with Crippen LogP contribution < -0.4 is 0 Å². The lowest BCUT2D eigenvalue weighted by molar-refractivity contribution is 0.0971. The first-order chi connectivity index (χ1) is 5.77. The Labute approximate surface area is 79.1 Å². The standard InChI is InChI=1S/C9H8BrNO/c10-6-4-7-8(11-5-6)2-1-3-9(7)12/h4-5H,1-3H2. The van der Waals surface area contributed by atoms with Crippen molar-refractivity contribution in [2.45, 2.75) is 19.3 Å². The van der Waals surface area contributed by atoms with Crippen molar-refractivity contribution in [2.24, 2.45) is 0 Å². The molecular formula is C9H8BrNO. The van der Waals surface area contributed by atoms with E-state index in [0.29, 0.717) is 6.42 Å². The molecule has 62 valence electrons. The van der Waals surface area contributed by atoms with Gasteiger partial charge in [-0.3, -0.25) is 9.78 Å². The zero-order valence-corrected chi connectivity index (χ0v) is 8.10. The van der Waals surface area contributed by atoms with Gasteiger partial charge in [0.15, 0.2) is 5.78 Å². The summed E-state index contributed by atoms with van der Waals surface area (Å²) in [5.74, 6) is 0.227. The molecule has 3 heteroatoms. The van der Waals surface area contributed by atoms with Gasteiger partial charge in [-0.05, 0) is 34.8 Å². The summed E-state index contributed by atoms with van der Waals surface area (Å²) in [6, 6.07) is 1.86. The number of hydrogen-bond donors (Lipinski definition) is 0. The van der Waals surface area contributed by atoms with Crippen LogP contribution in [0.1, 0.15) is 28.9 Å². The summed E-state index contributed by atoms with van der Waals surface area (Å²) in [5.41, 5.74) is 1.75. The molecule has 2 nitrogen and oxygen atoms in total. The zero-order chi connectivity index (χ0) is 8.55. The molecule has 1 aromatic rings. The number of aromatic nitrogens is 1. The van der Waals surface area contributed by atoms with Gasteiger partial charge in [-0.2, -0.15) is 0 Å². The van der Waals surface area contributed by atoms with Crippen LogP contribution in [0.5, 0.6) is 0 Å². The maximum absolute atomic E-state index is 11.4.